The summed E-state index contributed by atoms with van der Waals surface area (Å²) in [6.07, 6.45) is 2.00. The molecule has 42 valence electrons. The number of hydrogen-bond acceptors (Lipinski definition) is 0. The zero-order valence-electron chi connectivity index (χ0n) is 5.28. The summed E-state index contributed by atoms with van der Waals surface area (Å²) >= 11 is 0. The van der Waals surface area contributed by atoms with Gasteiger partial charge in [-0.3, -0.25) is 0 Å². The second kappa shape index (κ2) is 27.9. The molecule has 0 saturated carbocycles. The van der Waals surface area contributed by atoms with Crippen LogP contribution in [0.1, 0.15) is 20.8 Å². The summed E-state index contributed by atoms with van der Waals surface area (Å²) in [7, 11) is 0. The fraction of sp³-hybridized carbons (Fsp3) is 0.800. The van der Waals surface area contributed by atoms with Gasteiger partial charge in [-0.1, -0.05) is 6.92 Å². The average molecular weight is 325 g/mol. The van der Waals surface area contributed by atoms with Crippen LogP contribution in [0.4, 0.5) is 0 Å². The van der Waals surface area contributed by atoms with Crippen molar-refractivity contribution >= 4 is 0 Å². The van der Waals surface area contributed by atoms with Gasteiger partial charge in [-0.05, 0) is 0 Å². The minimum absolute atomic E-state index is 0. The molecule has 0 aromatic heterocycles. The Hall–Kier alpha value is 1.01. The molecule has 0 aliphatic rings. The molecule has 0 aliphatic heterocycles. The third kappa shape index (κ3) is 172. The van der Waals surface area contributed by atoms with Gasteiger partial charge in [0.2, 0.25) is 0 Å². The molecule has 7 heavy (non-hydrogen) atoms. The standard InChI is InChI=1S/C3H7.C2H6N.U/c1-3-2;1-2-3;/h3H,1-2H3;3H,2H2,1H3;/q2*-1;+2. The molecule has 0 aliphatic carbocycles. The van der Waals surface area contributed by atoms with E-state index in [1.165, 1.54) is 0 Å². The van der Waals surface area contributed by atoms with Crippen LogP contribution in [0, 0.1) is 37.5 Å². The van der Waals surface area contributed by atoms with Crippen molar-refractivity contribution in [2.45, 2.75) is 20.8 Å². The van der Waals surface area contributed by atoms with Crippen LogP contribution >= 0.6 is 0 Å². The summed E-state index contributed by atoms with van der Waals surface area (Å²) in [5.41, 5.74) is 6.21. The van der Waals surface area contributed by atoms with E-state index < -0.39 is 0 Å². The molecule has 1 N–H and O–H groups in total. The molecule has 0 unspecified atom stereocenters. The molecule has 0 fully saturated rings. The smallest absolute Gasteiger partial charge is 0.678 e. The number of rotatable bonds is 0. The second-order valence-electron chi connectivity index (χ2n) is 0.931. The monoisotopic (exact) mass is 325 g/mol. The molecule has 0 atom stereocenters. The van der Waals surface area contributed by atoms with Gasteiger partial charge in [-0.2, -0.15) is 20.4 Å². The molecule has 0 aromatic carbocycles. The van der Waals surface area contributed by atoms with Crippen molar-refractivity contribution in [2.24, 2.45) is 0 Å². The first-order chi connectivity index (χ1) is 2.83. The van der Waals surface area contributed by atoms with Crippen LogP contribution in [-0.2, 0) is 0 Å². The van der Waals surface area contributed by atoms with Crippen molar-refractivity contribution in [3.8, 4) is 0 Å². The molecule has 0 amide bonds. The molecule has 2 heteroatoms. The average Bonchev–Trinajstić information content (AvgIpc) is 1.39. The van der Waals surface area contributed by atoms with Crippen molar-refractivity contribution in [3.05, 3.63) is 12.2 Å². The van der Waals surface area contributed by atoms with Crippen molar-refractivity contribution in [1.29, 1.82) is 0 Å². The third-order valence-electron chi connectivity index (χ3n) is 0. The maximum Gasteiger partial charge on any atom is 2.00 e. The molecule has 0 heterocycles. The molecule has 0 aromatic rings. The van der Waals surface area contributed by atoms with Crippen molar-refractivity contribution in [3.63, 3.8) is 0 Å². The van der Waals surface area contributed by atoms with Crippen LogP contribution < -0.4 is 0 Å². The van der Waals surface area contributed by atoms with Crippen LogP contribution in [0.15, 0.2) is 0 Å². The molecule has 0 spiro atoms. The maximum atomic E-state index is 6.21. The van der Waals surface area contributed by atoms with E-state index >= 15 is 0 Å². The Balaban J connectivity index is -0.0000000400. The number of nitrogens with one attached hydrogen (secondary N) is 1. The van der Waals surface area contributed by atoms with Gasteiger partial charge in [0.1, 0.15) is 0 Å². The van der Waals surface area contributed by atoms with Crippen molar-refractivity contribution < 1.29 is 31.1 Å². The summed E-state index contributed by atoms with van der Waals surface area (Å²) in [4.78, 5) is 0. The Morgan fingerprint density at radius 3 is 1.43 bits per heavy atom. The quantitative estimate of drug-likeness (QED) is 0.610. The zero-order chi connectivity index (χ0) is 5.41. The Bertz CT molecular complexity index is 10.0. The van der Waals surface area contributed by atoms with Crippen molar-refractivity contribution in [1.82, 2.24) is 0 Å². The van der Waals surface area contributed by atoms with Gasteiger partial charge >= 0.3 is 31.1 Å². The van der Waals surface area contributed by atoms with E-state index in [0.717, 1.165) is 0 Å². The predicted octanol–water partition coefficient (Wildman–Crippen LogP) is 2.29. The van der Waals surface area contributed by atoms with Gasteiger partial charge in [0, 0.05) is 0 Å². The Morgan fingerprint density at radius 1 is 1.43 bits per heavy atom. The van der Waals surface area contributed by atoms with Gasteiger partial charge < -0.3 is 12.2 Å². The van der Waals surface area contributed by atoms with Crippen LogP contribution in [0.25, 0.3) is 5.73 Å². The first-order valence-electron chi connectivity index (χ1n) is 2.22. The van der Waals surface area contributed by atoms with E-state index in [0.29, 0.717) is 6.54 Å². The van der Waals surface area contributed by atoms with Crippen LogP contribution in [0.2, 0.25) is 0 Å². The molecule has 0 bridgehead atoms. The third-order valence-corrected chi connectivity index (χ3v) is 0. The van der Waals surface area contributed by atoms with Gasteiger partial charge in [0.05, 0.1) is 0 Å². The topological polar surface area (TPSA) is 23.8 Å². The summed E-state index contributed by atoms with van der Waals surface area (Å²) < 4.78 is 0. The SMILES string of the molecule is CC[NH-].C[CH-]C.[U+2]. The Kier molecular flexibility index (Phi) is 62.6. The molecule has 0 rings (SSSR count). The molecule has 0 saturated heterocycles. The normalized spacial score (nSPS) is 5.14. The fourth-order valence-electron chi connectivity index (χ4n) is 0. The van der Waals surface area contributed by atoms with Gasteiger partial charge in [0.25, 0.3) is 0 Å². The maximum absolute atomic E-state index is 6.21. The van der Waals surface area contributed by atoms with E-state index in [-0.39, 0.29) is 31.1 Å². The fourth-order valence-corrected chi connectivity index (χ4v) is 0. The predicted molar refractivity (Wildman–Crippen MR) is 30.5 cm³/mol. The van der Waals surface area contributed by atoms with Gasteiger partial charge in [0.15, 0.2) is 0 Å². The van der Waals surface area contributed by atoms with Crippen LogP contribution in [-0.4, -0.2) is 6.54 Å². The first kappa shape index (κ1) is 15.7. The van der Waals surface area contributed by atoms with Crippen LogP contribution in [0.3, 0.4) is 0 Å². The van der Waals surface area contributed by atoms with E-state index in [4.69, 9.17) is 5.73 Å². The molecular formula is C5H13NU. The second-order valence-corrected chi connectivity index (χ2v) is 0.931. The summed E-state index contributed by atoms with van der Waals surface area (Å²) in [5.74, 6) is 0. The van der Waals surface area contributed by atoms with Crippen LogP contribution in [0.5, 0.6) is 0 Å². The van der Waals surface area contributed by atoms with Gasteiger partial charge in [-0.25, -0.2) is 0 Å². The summed E-state index contributed by atoms with van der Waals surface area (Å²) in [6.45, 7) is 6.29. The van der Waals surface area contributed by atoms with E-state index in [1.54, 1.807) is 6.92 Å². The summed E-state index contributed by atoms with van der Waals surface area (Å²) in [5, 5.41) is 0. The van der Waals surface area contributed by atoms with Gasteiger partial charge in [-0.15, -0.1) is 0 Å². The molecule has 0 radical (unpaired) electrons. The van der Waals surface area contributed by atoms with E-state index in [9.17, 15) is 0 Å². The van der Waals surface area contributed by atoms with E-state index in [2.05, 4.69) is 0 Å². The summed E-state index contributed by atoms with van der Waals surface area (Å²) in [6, 6.07) is 0. The minimum atomic E-state index is 0. The Labute approximate surface area is 70.4 Å². The minimum Gasteiger partial charge on any atom is -0.678 e. The largest absolute Gasteiger partial charge is 2.00 e. The molecule has 1 nitrogen and oxygen atoms in total. The van der Waals surface area contributed by atoms with E-state index in [1.807, 2.05) is 20.3 Å². The zero-order valence-corrected chi connectivity index (χ0v) is 9.45. The first-order valence-corrected chi connectivity index (χ1v) is 2.22. The Morgan fingerprint density at radius 2 is 1.43 bits per heavy atom. The van der Waals surface area contributed by atoms with Crippen molar-refractivity contribution in [2.75, 3.05) is 6.54 Å². The molecular weight excluding hydrogens is 312 g/mol. The number of hydrogen-bond donors (Lipinski definition) is 0.